The molecular formula is C20H24N2O3. The van der Waals surface area contributed by atoms with E-state index in [4.69, 9.17) is 4.74 Å². The van der Waals surface area contributed by atoms with E-state index >= 15 is 0 Å². The number of anilines is 2. The molecule has 0 aromatic heterocycles. The Labute approximate surface area is 148 Å². The Morgan fingerprint density at radius 1 is 0.880 bits per heavy atom. The molecule has 5 heteroatoms. The van der Waals surface area contributed by atoms with Crippen molar-refractivity contribution in [1.82, 2.24) is 0 Å². The van der Waals surface area contributed by atoms with Crippen LogP contribution in [-0.4, -0.2) is 18.9 Å². The molecule has 0 bridgehead atoms. The molecule has 5 nitrogen and oxygen atoms in total. The third-order valence-electron chi connectivity index (χ3n) is 4.21. The Morgan fingerprint density at radius 3 is 2.04 bits per heavy atom. The number of methoxy groups -OCH3 is 1. The molecule has 2 aromatic carbocycles. The van der Waals surface area contributed by atoms with Gasteiger partial charge < -0.3 is 15.4 Å². The number of nitrogens with one attached hydrogen (secondary N) is 2. The number of rotatable bonds is 5. The first-order valence-electron chi connectivity index (χ1n) is 8.09. The Kier molecular flexibility index (Phi) is 5.47. The van der Waals surface area contributed by atoms with E-state index in [1.54, 1.807) is 32.0 Å². The van der Waals surface area contributed by atoms with Crippen molar-refractivity contribution in [2.24, 2.45) is 5.41 Å². The van der Waals surface area contributed by atoms with Crippen LogP contribution in [0.15, 0.2) is 42.5 Å². The maximum absolute atomic E-state index is 12.7. The largest absolute Gasteiger partial charge is 0.495 e. The van der Waals surface area contributed by atoms with Crippen LogP contribution < -0.4 is 15.4 Å². The highest BCUT2D eigenvalue weighted by atomic mass is 16.5. The molecule has 0 heterocycles. The number of carbonyl (C=O) groups is 2. The van der Waals surface area contributed by atoms with Crippen LogP contribution in [0.2, 0.25) is 0 Å². The van der Waals surface area contributed by atoms with E-state index in [0.717, 1.165) is 16.8 Å². The summed E-state index contributed by atoms with van der Waals surface area (Å²) in [5, 5.41) is 5.66. The van der Waals surface area contributed by atoms with Gasteiger partial charge in [-0.2, -0.15) is 0 Å². The molecule has 0 aliphatic rings. The van der Waals surface area contributed by atoms with Gasteiger partial charge in [-0.15, -0.1) is 0 Å². The van der Waals surface area contributed by atoms with Crippen LogP contribution >= 0.6 is 0 Å². The standard InChI is InChI=1S/C20H24N2O3/c1-13-9-8-10-14(2)17(13)22-19(24)20(3,4)18(23)21-15-11-6-7-12-16(15)25-5/h6-12H,1-5H3,(H,21,23)(H,22,24). The molecule has 2 amide bonds. The van der Waals surface area contributed by atoms with Gasteiger partial charge in [-0.25, -0.2) is 0 Å². The van der Waals surface area contributed by atoms with Gasteiger partial charge >= 0.3 is 0 Å². The first kappa shape index (κ1) is 18.5. The minimum absolute atomic E-state index is 0.364. The van der Waals surface area contributed by atoms with Crippen molar-refractivity contribution in [3.05, 3.63) is 53.6 Å². The summed E-state index contributed by atoms with van der Waals surface area (Å²) in [4.78, 5) is 25.4. The van der Waals surface area contributed by atoms with E-state index in [9.17, 15) is 9.59 Å². The summed E-state index contributed by atoms with van der Waals surface area (Å²) in [6.45, 7) is 7.04. The number of para-hydroxylation sites is 3. The molecule has 132 valence electrons. The van der Waals surface area contributed by atoms with Gasteiger partial charge in [0.05, 0.1) is 12.8 Å². The minimum Gasteiger partial charge on any atom is -0.495 e. The van der Waals surface area contributed by atoms with Gasteiger partial charge in [-0.3, -0.25) is 9.59 Å². The highest BCUT2D eigenvalue weighted by molar-refractivity contribution is 6.14. The monoisotopic (exact) mass is 340 g/mol. The normalized spacial score (nSPS) is 10.9. The van der Waals surface area contributed by atoms with Crippen molar-refractivity contribution in [3.8, 4) is 5.75 Å². The lowest BCUT2D eigenvalue weighted by Crippen LogP contribution is -2.41. The fourth-order valence-corrected chi connectivity index (χ4v) is 2.41. The summed E-state index contributed by atoms with van der Waals surface area (Å²) < 4.78 is 5.23. The van der Waals surface area contributed by atoms with Gasteiger partial charge in [0.15, 0.2) is 0 Å². The zero-order chi connectivity index (χ0) is 18.6. The molecule has 2 rings (SSSR count). The number of benzene rings is 2. The Morgan fingerprint density at radius 2 is 1.44 bits per heavy atom. The summed E-state index contributed by atoms with van der Waals surface area (Å²) in [6, 6.07) is 12.9. The SMILES string of the molecule is COc1ccccc1NC(=O)C(C)(C)C(=O)Nc1c(C)cccc1C. The Hall–Kier alpha value is -2.82. The molecule has 25 heavy (non-hydrogen) atoms. The molecule has 0 aliphatic carbocycles. The molecule has 2 aromatic rings. The zero-order valence-electron chi connectivity index (χ0n) is 15.3. The van der Waals surface area contributed by atoms with Gasteiger partial charge in [0.1, 0.15) is 11.2 Å². The van der Waals surface area contributed by atoms with Crippen LogP contribution in [0.1, 0.15) is 25.0 Å². The van der Waals surface area contributed by atoms with Crippen molar-refractivity contribution in [2.75, 3.05) is 17.7 Å². The van der Waals surface area contributed by atoms with E-state index in [1.165, 1.54) is 7.11 Å². The van der Waals surface area contributed by atoms with Gasteiger partial charge in [-0.1, -0.05) is 30.3 Å². The second-order valence-electron chi connectivity index (χ2n) is 6.50. The van der Waals surface area contributed by atoms with Crippen LogP contribution in [-0.2, 0) is 9.59 Å². The first-order valence-corrected chi connectivity index (χ1v) is 8.09. The Balaban J connectivity index is 2.19. The summed E-state index contributed by atoms with van der Waals surface area (Å²) >= 11 is 0. The van der Waals surface area contributed by atoms with Crippen molar-refractivity contribution in [2.45, 2.75) is 27.7 Å². The lowest BCUT2D eigenvalue weighted by Gasteiger charge is -2.24. The maximum Gasteiger partial charge on any atom is 0.239 e. The summed E-state index contributed by atoms with van der Waals surface area (Å²) in [5.41, 5.74) is 1.92. The quantitative estimate of drug-likeness (QED) is 0.811. The molecule has 0 saturated carbocycles. The van der Waals surface area contributed by atoms with E-state index in [2.05, 4.69) is 10.6 Å². The third kappa shape index (κ3) is 3.99. The van der Waals surface area contributed by atoms with Crippen molar-refractivity contribution >= 4 is 23.2 Å². The zero-order valence-corrected chi connectivity index (χ0v) is 15.3. The van der Waals surface area contributed by atoms with E-state index < -0.39 is 11.3 Å². The summed E-state index contributed by atoms with van der Waals surface area (Å²) in [7, 11) is 1.53. The van der Waals surface area contributed by atoms with Gasteiger partial charge in [0.25, 0.3) is 0 Å². The second kappa shape index (κ2) is 7.38. The molecule has 0 saturated heterocycles. The maximum atomic E-state index is 12.7. The van der Waals surface area contributed by atoms with Crippen LogP contribution in [0.3, 0.4) is 0 Å². The van der Waals surface area contributed by atoms with Crippen LogP contribution in [0, 0.1) is 19.3 Å². The number of carbonyl (C=O) groups excluding carboxylic acids is 2. The van der Waals surface area contributed by atoms with Crippen molar-refractivity contribution in [1.29, 1.82) is 0 Å². The summed E-state index contributed by atoms with van der Waals surface area (Å²) in [6.07, 6.45) is 0. The molecule has 2 N–H and O–H groups in total. The second-order valence-corrected chi connectivity index (χ2v) is 6.50. The number of ether oxygens (including phenoxy) is 1. The van der Waals surface area contributed by atoms with Crippen LogP contribution in [0.5, 0.6) is 5.75 Å². The van der Waals surface area contributed by atoms with Crippen molar-refractivity contribution < 1.29 is 14.3 Å². The van der Waals surface area contributed by atoms with E-state index in [-0.39, 0.29) is 5.91 Å². The van der Waals surface area contributed by atoms with Gasteiger partial charge in [-0.05, 0) is 51.0 Å². The predicted molar refractivity (Wildman–Crippen MR) is 100.0 cm³/mol. The third-order valence-corrected chi connectivity index (χ3v) is 4.21. The number of aryl methyl sites for hydroxylation is 2. The highest BCUT2D eigenvalue weighted by Crippen LogP contribution is 2.28. The topological polar surface area (TPSA) is 67.4 Å². The average Bonchev–Trinajstić information content (AvgIpc) is 2.58. The fraction of sp³-hybridized carbons (Fsp3) is 0.300. The van der Waals surface area contributed by atoms with Crippen molar-refractivity contribution in [3.63, 3.8) is 0 Å². The average molecular weight is 340 g/mol. The lowest BCUT2D eigenvalue weighted by atomic mass is 9.90. The number of hydrogen-bond donors (Lipinski definition) is 2. The molecular weight excluding hydrogens is 316 g/mol. The van der Waals surface area contributed by atoms with Crippen LogP contribution in [0.4, 0.5) is 11.4 Å². The molecule has 0 spiro atoms. The molecule has 0 fully saturated rings. The smallest absolute Gasteiger partial charge is 0.239 e. The lowest BCUT2D eigenvalue weighted by molar-refractivity contribution is -0.135. The van der Waals surface area contributed by atoms with Gasteiger partial charge in [0.2, 0.25) is 11.8 Å². The predicted octanol–water partition coefficient (Wildman–Crippen LogP) is 3.92. The molecule has 0 atom stereocenters. The van der Waals surface area contributed by atoms with Gasteiger partial charge in [0, 0.05) is 5.69 Å². The number of amides is 2. The fourth-order valence-electron chi connectivity index (χ4n) is 2.41. The Bertz CT molecular complexity index is 777. The molecule has 0 radical (unpaired) electrons. The first-order chi connectivity index (χ1) is 11.8. The van der Waals surface area contributed by atoms with E-state index in [0.29, 0.717) is 11.4 Å². The van der Waals surface area contributed by atoms with E-state index in [1.807, 2.05) is 38.1 Å². The number of hydrogen-bond acceptors (Lipinski definition) is 3. The van der Waals surface area contributed by atoms with Crippen LogP contribution in [0.25, 0.3) is 0 Å². The summed E-state index contributed by atoms with van der Waals surface area (Å²) in [5.74, 6) is -0.222. The highest BCUT2D eigenvalue weighted by Gasteiger charge is 2.36. The minimum atomic E-state index is -1.25. The molecule has 0 aliphatic heterocycles. The molecule has 0 unspecified atom stereocenters.